The third kappa shape index (κ3) is 5.67. The van der Waals surface area contributed by atoms with Gasteiger partial charge in [0.15, 0.2) is 0 Å². The number of hydrogen-bond donors (Lipinski definition) is 3. The molecule has 6 rings (SSSR count). The minimum absolute atomic E-state index is 0.0261. The van der Waals surface area contributed by atoms with Gasteiger partial charge in [-0.2, -0.15) is 4.98 Å². The normalized spacial score (nSPS) is 17.2. The first-order valence-electron chi connectivity index (χ1n) is 12.9. The fraction of sp³-hybridized carbons (Fsp3) is 0.357. The van der Waals surface area contributed by atoms with E-state index in [1.165, 1.54) is 0 Å². The van der Waals surface area contributed by atoms with Crippen LogP contribution in [0.15, 0.2) is 65.7 Å². The molecule has 0 radical (unpaired) electrons. The van der Waals surface area contributed by atoms with Gasteiger partial charge in [-0.1, -0.05) is 30.3 Å². The van der Waals surface area contributed by atoms with Crippen molar-refractivity contribution < 1.29 is 9.84 Å². The summed E-state index contributed by atoms with van der Waals surface area (Å²) < 4.78 is 7.25. The number of nitrogens with one attached hydrogen (secondary N) is 2. The van der Waals surface area contributed by atoms with E-state index in [1.807, 2.05) is 53.1 Å². The highest BCUT2D eigenvalue weighted by molar-refractivity contribution is 5.81. The van der Waals surface area contributed by atoms with Gasteiger partial charge in [0.05, 0.1) is 25.1 Å². The van der Waals surface area contributed by atoms with E-state index in [4.69, 9.17) is 14.8 Å². The van der Waals surface area contributed by atoms with E-state index in [9.17, 15) is 4.79 Å². The van der Waals surface area contributed by atoms with Crippen LogP contribution < -0.4 is 21.1 Å². The Morgan fingerprint density at radius 3 is 2.61 bits per heavy atom. The second-order valence-electron chi connectivity index (χ2n) is 9.30. The van der Waals surface area contributed by atoms with Crippen LogP contribution in [0.5, 0.6) is 0 Å². The molecule has 38 heavy (non-hydrogen) atoms. The van der Waals surface area contributed by atoms with E-state index in [2.05, 4.69) is 25.5 Å². The molecule has 0 aliphatic carbocycles. The fourth-order valence-corrected chi connectivity index (χ4v) is 4.91. The molecule has 1 atom stereocenters. The van der Waals surface area contributed by atoms with Gasteiger partial charge in [0.25, 0.3) is 5.56 Å². The zero-order valence-corrected chi connectivity index (χ0v) is 21.5. The first-order valence-corrected chi connectivity index (χ1v) is 12.9. The summed E-state index contributed by atoms with van der Waals surface area (Å²) in [6.07, 6.45) is 4.62. The summed E-state index contributed by atoms with van der Waals surface area (Å²) >= 11 is 0. The van der Waals surface area contributed by atoms with Crippen LogP contribution in [0.2, 0.25) is 0 Å². The molecule has 2 aliphatic rings. The van der Waals surface area contributed by atoms with Gasteiger partial charge in [0.1, 0.15) is 11.5 Å². The predicted octanol–water partition coefficient (Wildman–Crippen LogP) is 2.65. The molecule has 4 aromatic rings. The molecule has 0 bridgehead atoms. The molecule has 1 aromatic carbocycles. The molecule has 10 nitrogen and oxygen atoms in total. The maximum atomic E-state index is 13.7. The number of rotatable bonds is 6. The summed E-state index contributed by atoms with van der Waals surface area (Å²) in [5, 5.41) is 14.5. The Balaban J connectivity index is 0.00000144. The second-order valence-corrected chi connectivity index (χ2v) is 9.30. The SMILES string of the molecule is CO.O=c1c(-c2ccccc2)cc2cnc(Nc3ccc(N4CCOCC4)nc3)nc2n1CC1CCNC1. The molecule has 10 heteroatoms. The first-order chi connectivity index (χ1) is 18.7. The average Bonchev–Trinajstić information content (AvgIpc) is 3.50. The van der Waals surface area contributed by atoms with Gasteiger partial charge in [0, 0.05) is 43.9 Å². The van der Waals surface area contributed by atoms with Crippen LogP contribution in [0.4, 0.5) is 17.5 Å². The lowest BCUT2D eigenvalue weighted by atomic mass is 10.0. The van der Waals surface area contributed by atoms with Crippen molar-refractivity contribution in [1.82, 2.24) is 24.8 Å². The number of hydrogen-bond acceptors (Lipinski definition) is 9. The van der Waals surface area contributed by atoms with E-state index >= 15 is 0 Å². The van der Waals surface area contributed by atoms with Gasteiger partial charge in [-0.15, -0.1) is 0 Å². The summed E-state index contributed by atoms with van der Waals surface area (Å²) in [6, 6.07) is 15.7. The Morgan fingerprint density at radius 1 is 1.08 bits per heavy atom. The van der Waals surface area contributed by atoms with Crippen molar-refractivity contribution in [3.05, 3.63) is 71.3 Å². The number of anilines is 3. The largest absolute Gasteiger partial charge is 0.400 e. The average molecular weight is 516 g/mol. The van der Waals surface area contributed by atoms with Crippen molar-refractivity contribution in [2.24, 2.45) is 5.92 Å². The van der Waals surface area contributed by atoms with E-state index in [0.29, 0.717) is 29.6 Å². The van der Waals surface area contributed by atoms with Crippen LogP contribution >= 0.6 is 0 Å². The van der Waals surface area contributed by atoms with Crippen LogP contribution in [0, 0.1) is 5.92 Å². The number of nitrogens with zero attached hydrogens (tertiary/aromatic N) is 5. The van der Waals surface area contributed by atoms with Crippen LogP contribution in [0.1, 0.15) is 6.42 Å². The Morgan fingerprint density at radius 2 is 1.89 bits per heavy atom. The van der Waals surface area contributed by atoms with Crippen molar-refractivity contribution in [3.8, 4) is 11.1 Å². The smallest absolute Gasteiger partial charge is 0.260 e. The summed E-state index contributed by atoms with van der Waals surface area (Å²) in [6.45, 7) is 5.62. The first kappa shape index (κ1) is 25.8. The lowest BCUT2D eigenvalue weighted by Crippen LogP contribution is -2.36. The number of aliphatic hydroxyl groups excluding tert-OH is 1. The summed E-state index contributed by atoms with van der Waals surface area (Å²) in [7, 11) is 1.00. The highest BCUT2D eigenvalue weighted by Crippen LogP contribution is 2.23. The molecule has 198 valence electrons. The molecule has 5 heterocycles. The number of ether oxygens (including phenoxy) is 1. The van der Waals surface area contributed by atoms with Gasteiger partial charge in [-0.25, -0.2) is 9.97 Å². The predicted molar refractivity (Wildman–Crippen MR) is 149 cm³/mol. The topological polar surface area (TPSA) is 117 Å². The van der Waals surface area contributed by atoms with Gasteiger partial charge >= 0.3 is 0 Å². The number of benzene rings is 1. The monoisotopic (exact) mass is 515 g/mol. The standard InChI is InChI=1S/C27H29N7O2.CH4O/c35-26-23(20-4-2-1-3-5-20)14-21-16-30-27(32-25(21)34(26)18-19-8-9-28-15-19)31-22-6-7-24(29-17-22)33-10-12-36-13-11-33;1-2/h1-7,14,16-17,19,28H,8-13,15,18H2,(H,30,31,32);2H,1H3. The lowest BCUT2D eigenvalue weighted by Gasteiger charge is -2.27. The van der Waals surface area contributed by atoms with Crippen LogP contribution in [-0.2, 0) is 11.3 Å². The summed E-state index contributed by atoms with van der Waals surface area (Å²) in [5.41, 5.74) is 2.97. The van der Waals surface area contributed by atoms with Crippen molar-refractivity contribution >= 4 is 28.5 Å². The fourth-order valence-electron chi connectivity index (χ4n) is 4.91. The quantitative estimate of drug-likeness (QED) is 0.356. The Labute approximate surface area is 221 Å². The molecule has 1 unspecified atom stereocenters. The zero-order valence-electron chi connectivity index (χ0n) is 21.5. The van der Waals surface area contributed by atoms with E-state index in [-0.39, 0.29) is 5.56 Å². The number of aromatic nitrogens is 4. The van der Waals surface area contributed by atoms with Crippen molar-refractivity contribution in [2.45, 2.75) is 13.0 Å². The highest BCUT2D eigenvalue weighted by Gasteiger charge is 2.20. The number of morpholine rings is 1. The maximum Gasteiger partial charge on any atom is 0.260 e. The van der Waals surface area contributed by atoms with Gasteiger partial charge < -0.3 is 25.4 Å². The zero-order chi connectivity index (χ0) is 26.3. The maximum absolute atomic E-state index is 13.7. The molecule has 3 aromatic heterocycles. The van der Waals surface area contributed by atoms with Crippen LogP contribution in [0.25, 0.3) is 22.2 Å². The van der Waals surface area contributed by atoms with E-state index in [0.717, 1.165) is 75.4 Å². The molecular formula is C28H33N7O3. The molecule has 2 saturated heterocycles. The summed E-state index contributed by atoms with van der Waals surface area (Å²) in [5.74, 6) is 1.75. The minimum atomic E-state index is -0.0261. The van der Waals surface area contributed by atoms with Crippen LogP contribution in [-0.4, -0.2) is 71.1 Å². The molecule has 0 spiro atoms. The Kier molecular flexibility index (Phi) is 8.22. The van der Waals surface area contributed by atoms with Gasteiger partial charge in [-0.3, -0.25) is 9.36 Å². The number of aliphatic hydroxyl groups is 1. The van der Waals surface area contributed by atoms with Crippen molar-refractivity contribution in [2.75, 3.05) is 56.7 Å². The Hall–Kier alpha value is -3.86. The number of fused-ring (bicyclic) bond motifs is 1. The second kappa shape index (κ2) is 12.1. The van der Waals surface area contributed by atoms with E-state index < -0.39 is 0 Å². The Bertz CT molecular complexity index is 1400. The molecular weight excluding hydrogens is 482 g/mol. The van der Waals surface area contributed by atoms with E-state index in [1.54, 1.807) is 12.4 Å². The summed E-state index contributed by atoms with van der Waals surface area (Å²) in [4.78, 5) is 29.8. The third-order valence-corrected chi connectivity index (χ3v) is 6.85. The van der Waals surface area contributed by atoms with Crippen molar-refractivity contribution in [1.29, 1.82) is 0 Å². The molecule has 2 fully saturated rings. The van der Waals surface area contributed by atoms with Crippen LogP contribution in [0.3, 0.4) is 0 Å². The molecule has 3 N–H and O–H groups in total. The van der Waals surface area contributed by atoms with Gasteiger partial charge in [0.2, 0.25) is 5.95 Å². The molecule has 2 aliphatic heterocycles. The third-order valence-electron chi connectivity index (χ3n) is 6.85. The highest BCUT2D eigenvalue weighted by atomic mass is 16.5. The molecule has 0 saturated carbocycles. The number of pyridine rings is 2. The molecule has 0 amide bonds. The lowest BCUT2D eigenvalue weighted by molar-refractivity contribution is 0.122. The minimum Gasteiger partial charge on any atom is -0.400 e. The van der Waals surface area contributed by atoms with Gasteiger partial charge in [-0.05, 0) is 49.2 Å². The van der Waals surface area contributed by atoms with Crippen molar-refractivity contribution in [3.63, 3.8) is 0 Å².